The second kappa shape index (κ2) is 4.44. The van der Waals surface area contributed by atoms with Crippen LogP contribution in [0.2, 0.25) is 0 Å². The van der Waals surface area contributed by atoms with E-state index in [9.17, 15) is 0 Å². The molecule has 0 aliphatic rings. The molecule has 1 aromatic heterocycles. The van der Waals surface area contributed by atoms with Crippen molar-refractivity contribution in [1.29, 1.82) is 0 Å². The summed E-state index contributed by atoms with van der Waals surface area (Å²) in [6.45, 7) is 4.28. The van der Waals surface area contributed by atoms with Crippen LogP contribution in [0.15, 0.2) is 36.7 Å². The Kier molecular flexibility index (Phi) is 3.00. The summed E-state index contributed by atoms with van der Waals surface area (Å²) in [7, 11) is 2.07. The van der Waals surface area contributed by atoms with Crippen LogP contribution in [-0.2, 0) is 13.5 Å². The second-order valence-electron chi connectivity index (χ2n) is 4.00. The molecule has 0 aliphatic carbocycles. The maximum atomic E-state index is 4.45. The van der Waals surface area contributed by atoms with Crippen molar-refractivity contribution in [2.24, 2.45) is 7.05 Å². The molecule has 16 heavy (non-hydrogen) atoms. The van der Waals surface area contributed by atoms with E-state index in [1.165, 1.54) is 16.8 Å². The van der Waals surface area contributed by atoms with E-state index in [1.54, 1.807) is 0 Å². The van der Waals surface area contributed by atoms with Gasteiger partial charge in [-0.15, -0.1) is 0 Å². The molecule has 0 bridgehead atoms. The van der Waals surface area contributed by atoms with Gasteiger partial charge >= 0.3 is 0 Å². The Morgan fingerprint density at radius 1 is 1.25 bits per heavy atom. The Hall–Kier alpha value is -1.70. The Morgan fingerprint density at radius 2 is 2.00 bits per heavy atom. The summed E-state index contributed by atoms with van der Waals surface area (Å²) in [5.74, 6) is 0. The van der Waals surface area contributed by atoms with Crippen molar-refractivity contribution < 1.29 is 4.57 Å². The van der Waals surface area contributed by atoms with Crippen molar-refractivity contribution in [1.82, 2.24) is 4.98 Å². The standard InChI is InChI=1S/C14H17N2/c1-4-13-14(16(3)10-9-15-13)12-8-6-5-7-11(12)2/h5-10H,4H2,1-3H3/q+1. The van der Waals surface area contributed by atoms with Gasteiger partial charge < -0.3 is 0 Å². The summed E-state index contributed by atoms with van der Waals surface area (Å²) >= 11 is 0. The van der Waals surface area contributed by atoms with Crippen molar-refractivity contribution in [3.63, 3.8) is 0 Å². The molecule has 2 rings (SSSR count). The molecule has 0 saturated heterocycles. The van der Waals surface area contributed by atoms with E-state index in [0.717, 1.165) is 12.1 Å². The number of hydrogen-bond acceptors (Lipinski definition) is 1. The minimum Gasteiger partial charge on any atom is -0.248 e. The van der Waals surface area contributed by atoms with Crippen molar-refractivity contribution in [3.05, 3.63) is 47.9 Å². The molecule has 0 atom stereocenters. The number of nitrogens with zero attached hydrogens (tertiary/aromatic N) is 2. The molecule has 0 spiro atoms. The van der Waals surface area contributed by atoms with E-state index in [1.807, 2.05) is 12.4 Å². The largest absolute Gasteiger partial charge is 0.248 e. The smallest absolute Gasteiger partial charge is 0.234 e. The molecule has 0 saturated carbocycles. The number of aryl methyl sites for hydroxylation is 3. The van der Waals surface area contributed by atoms with Crippen LogP contribution in [-0.4, -0.2) is 4.98 Å². The van der Waals surface area contributed by atoms with Gasteiger partial charge in [-0.3, -0.25) is 0 Å². The van der Waals surface area contributed by atoms with Crippen LogP contribution in [0.3, 0.4) is 0 Å². The van der Waals surface area contributed by atoms with Crippen LogP contribution in [0.25, 0.3) is 11.3 Å². The summed E-state index contributed by atoms with van der Waals surface area (Å²) in [6.07, 6.45) is 4.82. The highest BCUT2D eigenvalue weighted by molar-refractivity contribution is 5.62. The second-order valence-corrected chi connectivity index (χ2v) is 4.00. The molecule has 0 unspecified atom stereocenters. The summed E-state index contributed by atoms with van der Waals surface area (Å²) in [5.41, 5.74) is 4.94. The van der Waals surface area contributed by atoms with Crippen LogP contribution < -0.4 is 4.57 Å². The first kappa shape index (κ1) is 10.8. The van der Waals surface area contributed by atoms with Gasteiger partial charge in [0.25, 0.3) is 0 Å². The van der Waals surface area contributed by atoms with E-state index in [2.05, 4.69) is 54.7 Å². The normalized spacial score (nSPS) is 10.4. The van der Waals surface area contributed by atoms with Crippen molar-refractivity contribution in [2.75, 3.05) is 0 Å². The average Bonchev–Trinajstić information content (AvgIpc) is 2.30. The lowest BCUT2D eigenvalue weighted by atomic mass is 10.0. The molecule has 1 heterocycles. The molecule has 0 aliphatic heterocycles. The van der Waals surface area contributed by atoms with Crippen LogP contribution in [0, 0.1) is 6.92 Å². The number of hydrogen-bond donors (Lipinski definition) is 0. The lowest BCUT2D eigenvalue weighted by Crippen LogP contribution is -2.32. The zero-order chi connectivity index (χ0) is 11.5. The van der Waals surface area contributed by atoms with E-state index < -0.39 is 0 Å². The predicted octanol–water partition coefficient (Wildman–Crippen LogP) is 2.44. The lowest BCUT2D eigenvalue weighted by molar-refractivity contribution is -0.661. The van der Waals surface area contributed by atoms with E-state index in [-0.39, 0.29) is 0 Å². The summed E-state index contributed by atoms with van der Waals surface area (Å²) in [4.78, 5) is 4.45. The van der Waals surface area contributed by atoms with Gasteiger partial charge in [0.1, 0.15) is 12.7 Å². The highest BCUT2D eigenvalue weighted by Gasteiger charge is 2.16. The first-order valence-corrected chi connectivity index (χ1v) is 5.63. The summed E-state index contributed by atoms with van der Waals surface area (Å²) in [6, 6.07) is 8.45. The number of aromatic nitrogens is 2. The molecular weight excluding hydrogens is 196 g/mol. The third kappa shape index (κ3) is 1.83. The van der Waals surface area contributed by atoms with Gasteiger partial charge in [0, 0.05) is 0 Å². The van der Waals surface area contributed by atoms with Gasteiger partial charge in [-0.2, -0.15) is 4.57 Å². The summed E-state index contributed by atoms with van der Waals surface area (Å²) in [5, 5.41) is 0. The van der Waals surface area contributed by atoms with Crippen molar-refractivity contribution in [2.45, 2.75) is 20.3 Å². The third-order valence-corrected chi connectivity index (χ3v) is 2.88. The van der Waals surface area contributed by atoms with Gasteiger partial charge in [-0.1, -0.05) is 25.1 Å². The molecule has 2 nitrogen and oxygen atoms in total. The first-order chi connectivity index (χ1) is 7.74. The molecule has 82 valence electrons. The number of rotatable bonds is 2. The molecule has 2 heteroatoms. The fraction of sp³-hybridized carbons (Fsp3) is 0.286. The van der Waals surface area contributed by atoms with Crippen LogP contribution >= 0.6 is 0 Å². The fourth-order valence-corrected chi connectivity index (χ4v) is 2.01. The molecule has 1 aromatic carbocycles. The molecular formula is C14H17N2+. The SMILES string of the molecule is CCc1ncc[n+](C)c1-c1ccccc1C. The Morgan fingerprint density at radius 3 is 2.69 bits per heavy atom. The zero-order valence-electron chi connectivity index (χ0n) is 10.1. The third-order valence-electron chi connectivity index (χ3n) is 2.88. The van der Waals surface area contributed by atoms with Crippen molar-refractivity contribution in [3.8, 4) is 11.3 Å². The fourth-order valence-electron chi connectivity index (χ4n) is 2.01. The maximum Gasteiger partial charge on any atom is 0.234 e. The highest BCUT2D eigenvalue weighted by atomic mass is 15.0. The van der Waals surface area contributed by atoms with Crippen LogP contribution in [0.5, 0.6) is 0 Å². The van der Waals surface area contributed by atoms with Gasteiger partial charge in [0.15, 0.2) is 6.20 Å². The summed E-state index contributed by atoms with van der Waals surface area (Å²) < 4.78 is 2.15. The number of benzene rings is 1. The Balaban J connectivity index is 2.68. The topological polar surface area (TPSA) is 16.8 Å². The zero-order valence-corrected chi connectivity index (χ0v) is 10.1. The molecule has 2 aromatic rings. The minimum atomic E-state index is 0.957. The maximum absolute atomic E-state index is 4.45. The Labute approximate surface area is 96.6 Å². The van der Waals surface area contributed by atoms with Gasteiger partial charge in [-0.05, 0) is 25.0 Å². The monoisotopic (exact) mass is 213 g/mol. The van der Waals surface area contributed by atoms with Crippen molar-refractivity contribution >= 4 is 0 Å². The van der Waals surface area contributed by atoms with Crippen LogP contribution in [0.4, 0.5) is 0 Å². The van der Waals surface area contributed by atoms with Crippen LogP contribution in [0.1, 0.15) is 18.2 Å². The van der Waals surface area contributed by atoms with Gasteiger partial charge in [-0.25, -0.2) is 4.98 Å². The predicted molar refractivity (Wildman–Crippen MR) is 65.0 cm³/mol. The average molecular weight is 213 g/mol. The first-order valence-electron chi connectivity index (χ1n) is 5.63. The minimum absolute atomic E-state index is 0.957. The van der Waals surface area contributed by atoms with E-state index in [0.29, 0.717) is 0 Å². The van der Waals surface area contributed by atoms with Gasteiger partial charge in [0.2, 0.25) is 5.69 Å². The van der Waals surface area contributed by atoms with E-state index >= 15 is 0 Å². The van der Waals surface area contributed by atoms with Gasteiger partial charge in [0.05, 0.1) is 11.8 Å². The Bertz CT molecular complexity index is 504. The molecule has 0 N–H and O–H groups in total. The highest BCUT2D eigenvalue weighted by Crippen LogP contribution is 2.22. The quantitative estimate of drug-likeness (QED) is 0.700. The molecule has 0 amide bonds. The molecule has 0 radical (unpaired) electrons. The lowest BCUT2D eigenvalue weighted by Gasteiger charge is -2.06. The van der Waals surface area contributed by atoms with E-state index in [4.69, 9.17) is 0 Å². The molecule has 0 fully saturated rings.